The second-order valence-electron chi connectivity index (χ2n) is 8.96. The zero-order valence-corrected chi connectivity index (χ0v) is 19.8. The number of hydrogen-bond donors (Lipinski definition) is 0. The Morgan fingerprint density at radius 2 is 1.74 bits per heavy atom. The highest BCUT2D eigenvalue weighted by Crippen LogP contribution is 2.36. The van der Waals surface area contributed by atoms with Crippen molar-refractivity contribution in [3.05, 3.63) is 96.1 Å². The molecule has 1 fully saturated rings. The number of benzene rings is 2. The fourth-order valence-corrected chi connectivity index (χ4v) is 4.82. The molecule has 1 aliphatic rings. The molecule has 5 heteroatoms. The summed E-state index contributed by atoms with van der Waals surface area (Å²) in [5.74, 6) is 2.13. The summed E-state index contributed by atoms with van der Waals surface area (Å²) in [6, 6.07) is 20.9. The number of ether oxygens (including phenoxy) is 1. The third kappa shape index (κ3) is 4.85. The first-order valence-electron chi connectivity index (χ1n) is 11.9. The fourth-order valence-electron chi connectivity index (χ4n) is 4.82. The van der Waals surface area contributed by atoms with E-state index >= 15 is 0 Å². The lowest BCUT2D eigenvalue weighted by Gasteiger charge is -2.32. The monoisotopic (exact) mass is 450 g/mol. The van der Waals surface area contributed by atoms with Gasteiger partial charge in [0.2, 0.25) is 0 Å². The second-order valence-corrected chi connectivity index (χ2v) is 8.96. The number of pyridine rings is 1. The van der Waals surface area contributed by atoms with Crippen LogP contribution < -0.4 is 4.74 Å². The van der Waals surface area contributed by atoms with Crippen LogP contribution in [0.1, 0.15) is 35.6 Å². The number of aromatic nitrogens is 3. The molecule has 172 valence electrons. The van der Waals surface area contributed by atoms with Crippen molar-refractivity contribution in [2.24, 2.45) is 0 Å². The van der Waals surface area contributed by atoms with Gasteiger partial charge in [0.1, 0.15) is 5.75 Å². The minimum absolute atomic E-state index is 0.396. The van der Waals surface area contributed by atoms with E-state index < -0.39 is 0 Å². The maximum Gasteiger partial charge on any atom is 0.159 e. The number of methoxy groups -OCH3 is 1. The first-order chi connectivity index (χ1) is 16.7. The smallest absolute Gasteiger partial charge is 0.159 e. The third-order valence-electron chi connectivity index (χ3n) is 6.65. The Hall–Kier alpha value is -3.57. The van der Waals surface area contributed by atoms with Gasteiger partial charge >= 0.3 is 0 Å². The van der Waals surface area contributed by atoms with E-state index in [2.05, 4.69) is 53.2 Å². The van der Waals surface area contributed by atoms with Gasteiger partial charge < -0.3 is 4.74 Å². The van der Waals surface area contributed by atoms with E-state index in [4.69, 9.17) is 14.7 Å². The van der Waals surface area contributed by atoms with Crippen LogP contribution in [0.15, 0.2) is 79.3 Å². The van der Waals surface area contributed by atoms with Crippen LogP contribution in [0, 0.1) is 6.92 Å². The number of nitrogens with zero attached hydrogens (tertiary/aromatic N) is 4. The molecule has 0 aliphatic carbocycles. The molecule has 34 heavy (non-hydrogen) atoms. The molecule has 4 aromatic rings. The van der Waals surface area contributed by atoms with Gasteiger partial charge in [-0.3, -0.25) is 9.88 Å². The highest BCUT2D eigenvalue weighted by molar-refractivity contribution is 5.68. The highest BCUT2D eigenvalue weighted by Gasteiger charge is 2.26. The summed E-state index contributed by atoms with van der Waals surface area (Å²) in [4.78, 5) is 16.5. The summed E-state index contributed by atoms with van der Waals surface area (Å²) in [7, 11) is 1.74. The molecule has 2 aromatic heterocycles. The summed E-state index contributed by atoms with van der Waals surface area (Å²) < 4.78 is 5.56. The molecule has 0 amide bonds. The van der Waals surface area contributed by atoms with Gasteiger partial charge in [0.05, 0.1) is 12.8 Å². The topological polar surface area (TPSA) is 51.1 Å². The molecule has 1 saturated heterocycles. The maximum absolute atomic E-state index is 5.56. The van der Waals surface area contributed by atoms with E-state index in [1.54, 1.807) is 19.5 Å². The normalized spacial score (nSPS) is 14.8. The molecule has 3 heterocycles. The maximum atomic E-state index is 5.56. The summed E-state index contributed by atoms with van der Waals surface area (Å²) in [6.07, 6.45) is 7.74. The van der Waals surface area contributed by atoms with Crippen LogP contribution in [0.3, 0.4) is 0 Å². The van der Waals surface area contributed by atoms with E-state index in [1.807, 2.05) is 30.5 Å². The number of likely N-dealkylation sites (tertiary alicyclic amines) is 1. The van der Waals surface area contributed by atoms with Gasteiger partial charge in [-0.2, -0.15) is 0 Å². The standard InChI is InChI=1S/C29H30N4O/c1-21-6-5-8-24(18-21)26-19-31-29(23-10-14-30-15-11-23)32-28(26)22-12-16-33(17-13-22)20-25-7-3-4-9-27(25)34-2/h3-11,14-15,18-19,22H,12-13,16-17,20H2,1-2H3. The highest BCUT2D eigenvalue weighted by atomic mass is 16.5. The van der Waals surface area contributed by atoms with Crippen molar-refractivity contribution in [1.82, 2.24) is 19.9 Å². The Balaban J connectivity index is 1.41. The lowest BCUT2D eigenvalue weighted by molar-refractivity contribution is 0.201. The van der Waals surface area contributed by atoms with Crippen LogP contribution in [-0.2, 0) is 6.54 Å². The van der Waals surface area contributed by atoms with Crippen molar-refractivity contribution in [3.63, 3.8) is 0 Å². The van der Waals surface area contributed by atoms with Crippen molar-refractivity contribution in [2.45, 2.75) is 32.2 Å². The van der Waals surface area contributed by atoms with Crippen LogP contribution in [0.25, 0.3) is 22.5 Å². The quantitative estimate of drug-likeness (QED) is 0.366. The molecule has 0 atom stereocenters. The average Bonchev–Trinajstić information content (AvgIpc) is 2.90. The SMILES string of the molecule is COc1ccccc1CN1CCC(c2nc(-c3ccncc3)ncc2-c2cccc(C)c2)CC1. The van der Waals surface area contributed by atoms with Crippen molar-refractivity contribution in [2.75, 3.05) is 20.2 Å². The summed E-state index contributed by atoms with van der Waals surface area (Å²) in [5, 5.41) is 0. The van der Waals surface area contributed by atoms with Gasteiger partial charge in [0.15, 0.2) is 5.82 Å². The molecule has 0 saturated carbocycles. The van der Waals surface area contributed by atoms with Crippen LogP contribution in [0.2, 0.25) is 0 Å². The number of rotatable bonds is 6. The van der Waals surface area contributed by atoms with Crippen molar-refractivity contribution in [3.8, 4) is 28.3 Å². The average molecular weight is 451 g/mol. The third-order valence-corrected chi connectivity index (χ3v) is 6.65. The van der Waals surface area contributed by atoms with Crippen LogP contribution in [-0.4, -0.2) is 40.1 Å². The fraction of sp³-hybridized carbons (Fsp3) is 0.276. The minimum atomic E-state index is 0.396. The Morgan fingerprint density at radius 1 is 0.941 bits per heavy atom. The first kappa shape index (κ1) is 22.2. The van der Waals surface area contributed by atoms with Gasteiger partial charge in [-0.25, -0.2) is 9.97 Å². The van der Waals surface area contributed by atoms with Gasteiger partial charge in [-0.1, -0.05) is 48.0 Å². The Morgan fingerprint density at radius 3 is 2.50 bits per heavy atom. The van der Waals surface area contributed by atoms with Crippen LogP contribution >= 0.6 is 0 Å². The zero-order valence-electron chi connectivity index (χ0n) is 19.8. The van der Waals surface area contributed by atoms with Crippen LogP contribution in [0.4, 0.5) is 0 Å². The predicted octanol–water partition coefficient (Wildman–Crippen LogP) is 5.90. The van der Waals surface area contributed by atoms with E-state index in [1.165, 1.54) is 16.7 Å². The van der Waals surface area contributed by atoms with Crippen molar-refractivity contribution in [1.29, 1.82) is 0 Å². The number of piperidine rings is 1. The molecule has 5 nitrogen and oxygen atoms in total. The number of hydrogen-bond acceptors (Lipinski definition) is 5. The number of para-hydroxylation sites is 1. The Labute approximate surface area is 201 Å². The van der Waals surface area contributed by atoms with E-state index in [-0.39, 0.29) is 0 Å². The zero-order chi connectivity index (χ0) is 23.3. The van der Waals surface area contributed by atoms with E-state index in [0.29, 0.717) is 5.92 Å². The minimum Gasteiger partial charge on any atom is -0.496 e. The lowest BCUT2D eigenvalue weighted by atomic mass is 9.88. The molecule has 2 aromatic carbocycles. The van der Waals surface area contributed by atoms with Crippen molar-refractivity contribution < 1.29 is 4.74 Å². The van der Waals surface area contributed by atoms with Gasteiger partial charge in [0, 0.05) is 47.7 Å². The van der Waals surface area contributed by atoms with E-state index in [9.17, 15) is 0 Å². The molecule has 0 bridgehead atoms. The largest absolute Gasteiger partial charge is 0.496 e. The summed E-state index contributed by atoms with van der Waals surface area (Å²) in [5.41, 5.74) is 6.97. The Bertz CT molecular complexity index is 1250. The first-order valence-corrected chi connectivity index (χ1v) is 11.9. The lowest BCUT2D eigenvalue weighted by Crippen LogP contribution is -2.33. The molecule has 0 N–H and O–H groups in total. The molecular weight excluding hydrogens is 420 g/mol. The molecular formula is C29H30N4O. The molecule has 0 unspecified atom stereocenters. The Kier molecular flexibility index (Phi) is 6.63. The molecule has 5 rings (SSSR count). The molecule has 1 aliphatic heterocycles. The van der Waals surface area contributed by atoms with Crippen LogP contribution in [0.5, 0.6) is 5.75 Å². The van der Waals surface area contributed by atoms with Gasteiger partial charge in [-0.05, 0) is 56.6 Å². The van der Waals surface area contributed by atoms with E-state index in [0.717, 1.165) is 60.9 Å². The van der Waals surface area contributed by atoms with Gasteiger partial charge in [0.25, 0.3) is 0 Å². The number of aryl methyl sites for hydroxylation is 1. The predicted molar refractivity (Wildman–Crippen MR) is 136 cm³/mol. The summed E-state index contributed by atoms with van der Waals surface area (Å²) >= 11 is 0. The second kappa shape index (κ2) is 10.1. The molecule has 0 spiro atoms. The summed E-state index contributed by atoms with van der Waals surface area (Å²) in [6.45, 7) is 5.11. The van der Waals surface area contributed by atoms with Crippen molar-refractivity contribution >= 4 is 0 Å². The molecule has 0 radical (unpaired) electrons. The van der Waals surface area contributed by atoms with Gasteiger partial charge in [-0.15, -0.1) is 0 Å².